The van der Waals surface area contributed by atoms with Gasteiger partial charge < -0.3 is 5.73 Å². The molecule has 0 bridgehead atoms. The lowest BCUT2D eigenvalue weighted by Crippen LogP contribution is -2.08. The van der Waals surface area contributed by atoms with Crippen LogP contribution in [0.3, 0.4) is 0 Å². The standard InChI is InChI=1S/C11H16N2/c1-9(2)10(8-12)7-11-5-3-4-6-13-11/h3-7,9H,8,12H2,1-2H3. The molecule has 70 valence electrons. The van der Waals surface area contributed by atoms with Crippen molar-refractivity contribution in [2.24, 2.45) is 11.7 Å². The first-order valence-electron chi connectivity index (χ1n) is 4.55. The van der Waals surface area contributed by atoms with Crippen molar-refractivity contribution in [3.05, 3.63) is 35.7 Å². The highest BCUT2D eigenvalue weighted by Crippen LogP contribution is 2.11. The average molecular weight is 176 g/mol. The molecule has 0 fully saturated rings. The summed E-state index contributed by atoms with van der Waals surface area (Å²) in [6.45, 7) is 4.89. The van der Waals surface area contributed by atoms with E-state index in [4.69, 9.17) is 5.73 Å². The van der Waals surface area contributed by atoms with Gasteiger partial charge in [-0.1, -0.05) is 25.5 Å². The van der Waals surface area contributed by atoms with Gasteiger partial charge in [0.25, 0.3) is 0 Å². The van der Waals surface area contributed by atoms with Gasteiger partial charge in [-0.05, 0) is 24.1 Å². The minimum Gasteiger partial charge on any atom is -0.327 e. The summed E-state index contributed by atoms with van der Waals surface area (Å²) in [5.41, 5.74) is 7.84. The number of rotatable bonds is 3. The Labute approximate surface area is 79.5 Å². The third-order valence-corrected chi connectivity index (χ3v) is 2.00. The van der Waals surface area contributed by atoms with E-state index in [9.17, 15) is 0 Å². The minimum atomic E-state index is 0.493. The van der Waals surface area contributed by atoms with Crippen LogP contribution in [0.25, 0.3) is 6.08 Å². The molecule has 0 aliphatic rings. The van der Waals surface area contributed by atoms with E-state index in [1.807, 2.05) is 18.2 Å². The van der Waals surface area contributed by atoms with Crippen LogP contribution in [0, 0.1) is 5.92 Å². The van der Waals surface area contributed by atoms with E-state index in [1.54, 1.807) is 6.20 Å². The fraction of sp³-hybridized carbons (Fsp3) is 0.364. The Morgan fingerprint density at radius 2 is 2.31 bits per heavy atom. The van der Waals surface area contributed by atoms with Gasteiger partial charge in [-0.3, -0.25) is 4.98 Å². The topological polar surface area (TPSA) is 38.9 Å². The number of nitrogens with zero attached hydrogens (tertiary/aromatic N) is 1. The van der Waals surface area contributed by atoms with Crippen LogP contribution in [0.1, 0.15) is 19.5 Å². The molecule has 0 saturated heterocycles. The number of aromatic nitrogens is 1. The molecule has 0 aliphatic heterocycles. The van der Waals surface area contributed by atoms with Gasteiger partial charge in [0, 0.05) is 12.7 Å². The van der Waals surface area contributed by atoms with Crippen LogP contribution in [-0.2, 0) is 0 Å². The smallest absolute Gasteiger partial charge is 0.0629 e. The molecule has 1 aromatic heterocycles. The largest absolute Gasteiger partial charge is 0.327 e. The summed E-state index contributed by atoms with van der Waals surface area (Å²) in [4.78, 5) is 4.22. The van der Waals surface area contributed by atoms with Crippen molar-refractivity contribution >= 4 is 6.08 Å². The fourth-order valence-electron chi connectivity index (χ4n) is 1.11. The van der Waals surface area contributed by atoms with Gasteiger partial charge in [0.1, 0.15) is 0 Å². The minimum absolute atomic E-state index is 0.493. The predicted molar refractivity (Wildman–Crippen MR) is 56.1 cm³/mol. The maximum atomic E-state index is 5.63. The summed E-state index contributed by atoms with van der Waals surface area (Å²) in [6, 6.07) is 5.88. The monoisotopic (exact) mass is 176 g/mol. The Hall–Kier alpha value is -1.15. The summed E-state index contributed by atoms with van der Waals surface area (Å²) in [7, 11) is 0. The molecule has 0 amide bonds. The number of hydrogen-bond donors (Lipinski definition) is 1. The number of nitrogens with two attached hydrogens (primary N) is 1. The normalized spacial score (nSPS) is 12.2. The van der Waals surface area contributed by atoms with Gasteiger partial charge >= 0.3 is 0 Å². The highest BCUT2D eigenvalue weighted by atomic mass is 14.7. The zero-order valence-electron chi connectivity index (χ0n) is 8.20. The SMILES string of the molecule is CC(C)C(=Cc1ccccn1)CN. The van der Waals surface area contributed by atoms with E-state index in [1.165, 1.54) is 5.57 Å². The van der Waals surface area contributed by atoms with E-state index < -0.39 is 0 Å². The van der Waals surface area contributed by atoms with Crippen molar-refractivity contribution < 1.29 is 0 Å². The lowest BCUT2D eigenvalue weighted by atomic mass is 10.0. The van der Waals surface area contributed by atoms with Gasteiger partial charge in [-0.25, -0.2) is 0 Å². The lowest BCUT2D eigenvalue weighted by molar-refractivity contribution is 0.752. The first-order valence-corrected chi connectivity index (χ1v) is 4.55. The summed E-state index contributed by atoms with van der Waals surface area (Å²) in [6.07, 6.45) is 3.85. The molecule has 0 saturated carbocycles. The van der Waals surface area contributed by atoms with Crippen LogP contribution in [0.2, 0.25) is 0 Å². The third-order valence-electron chi connectivity index (χ3n) is 2.00. The maximum absolute atomic E-state index is 5.63. The van der Waals surface area contributed by atoms with Crippen LogP contribution in [0.15, 0.2) is 30.0 Å². The van der Waals surface area contributed by atoms with E-state index in [2.05, 4.69) is 24.9 Å². The van der Waals surface area contributed by atoms with Gasteiger partial charge in [0.15, 0.2) is 0 Å². The molecule has 1 heterocycles. The molecule has 1 aromatic rings. The van der Waals surface area contributed by atoms with Crippen molar-refractivity contribution in [2.45, 2.75) is 13.8 Å². The molecule has 0 aromatic carbocycles. The molecular formula is C11H16N2. The first-order chi connectivity index (χ1) is 6.24. The van der Waals surface area contributed by atoms with E-state index >= 15 is 0 Å². The second-order valence-electron chi connectivity index (χ2n) is 3.33. The molecule has 0 aliphatic carbocycles. The van der Waals surface area contributed by atoms with Crippen molar-refractivity contribution in [3.63, 3.8) is 0 Å². The molecule has 0 spiro atoms. The van der Waals surface area contributed by atoms with Gasteiger partial charge in [-0.2, -0.15) is 0 Å². The zero-order chi connectivity index (χ0) is 9.68. The second-order valence-corrected chi connectivity index (χ2v) is 3.33. The third kappa shape index (κ3) is 2.99. The van der Waals surface area contributed by atoms with E-state index in [-0.39, 0.29) is 0 Å². The Morgan fingerprint density at radius 1 is 1.54 bits per heavy atom. The fourth-order valence-corrected chi connectivity index (χ4v) is 1.11. The van der Waals surface area contributed by atoms with Crippen LogP contribution in [0.4, 0.5) is 0 Å². The lowest BCUT2D eigenvalue weighted by Gasteiger charge is -2.07. The molecule has 0 unspecified atom stereocenters. The van der Waals surface area contributed by atoms with Crippen LogP contribution in [0.5, 0.6) is 0 Å². The van der Waals surface area contributed by atoms with Crippen LogP contribution < -0.4 is 5.73 Å². The van der Waals surface area contributed by atoms with E-state index in [0.29, 0.717) is 12.5 Å². The predicted octanol–water partition coefficient (Wildman–Crippen LogP) is 2.08. The van der Waals surface area contributed by atoms with E-state index in [0.717, 1.165) is 5.69 Å². The van der Waals surface area contributed by atoms with Gasteiger partial charge in [0.2, 0.25) is 0 Å². The van der Waals surface area contributed by atoms with Crippen LogP contribution >= 0.6 is 0 Å². The maximum Gasteiger partial charge on any atom is 0.0629 e. The van der Waals surface area contributed by atoms with Crippen LogP contribution in [-0.4, -0.2) is 11.5 Å². The highest BCUT2D eigenvalue weighted by Gasteiger charge is 2.00. The van der Waals surface area contributed by atoms with Crippen molar-refractivity contribution in [3.8, 4) is 0 Å². The second kappa shape index (κ2) is 4.77. The molecule has 13 heavy (non-hydrogen) atoms. The molecule has 2 nitrogen and oxygen atoms in total. The summed E-state index contributed by atoms with van der Waals surface area (Å²) < 4.78 is 0. The Bertz CT molecular complexity index is 275. The molecular weight excluding hydrogens is 160 g/mol. The number of pyridine rings is 1. The average Bonchev–Trinajstić information content (AvgIpc) is 2.15. The molecule has 2 N–H and O–H groups in total. The Kier molecular flexibility index (Phi) is 3.65. The Balaban J connectivity index is 2.85. The highest BCUT2D eigenvalue weighted by molar-refractivity contribution is 5.49. The molecule has 1 rings (SSSR count). The van der Waals surface area contributed by atoms with Crippen molar-refractivity contribution in [1.82, 2.24) is 4.98 Å². The quantitative estimate of drug-likeness (QED) is 0.765. The van der Waals surface area contributed by atoms with Gasteiger partial charge in [0.05, 0.1) is 5.69 Å². The number of hydrogen-bond acceptors (Lipinski definition) is 2. The summed E-state index contributed by atoms with van der Waals surface area (Å²) in [5.74, 6) is 0.493. The zero-order valence-corrected chi connectivity index (χ0v) is 8.20. The summed E-state index contributed by atoms with van der Waals surface area (Å²) >= 11 is 0. The molecule has 0 atom stereocenters. The molecule has 0 radical (unpaired) electrons. The first kappa shape index (κ1) is 9.93. The molecule has 2 heteroatoms. The van der Waals surface area contributed by atoms with Crippen molar-refractivity contribution in [1.29, 1.82) is 0 Å². The van der Waals surface area contributed by atoms with Gasteiger partial charge in [-0.15, -0.1) is 0 Å². The Morgan fingerprint density at radius 3 is 2.77 bits per heavy atom. The van der Waals surface area contributed by atoms with Crippen molar-refractivity contribution in [2.75, 3.05) is 6.54 Å². The summed E-state index contributed by atoms with van der Waals surface area (Å²) in [5, 5.41) is 0.